The van der Waals surface area contributed by atoms with Gasteiger partial charge < -0.3 is 9.15 Å². The zero-order chi connectivity index (χ0) is 17.4. The van der Waals surface area contributed by atoms with Crippen molar-refractivity contribution in [1.82, 2.24) is 0 Å². The highest BCUT2D eigenvalue weighted by molar-refractivity contribution is 6.30. The number of fused-ring (bicyclic) bond motifs is 3. The summed E-state index contributed by atoms with van der Waals surface area (Å²) in [7, 11) is 0. The summed E-state index contributed by atoms with van der Waals surface area (Å²) in [5.74, 6) is 0.816. The van der Waals surface area contributed by atoms with E-state index in [0.29, 0.717) is 12.3 Å². The van der Waals surface area contributed by atoms with Crippen LogP contribution in [0.3, 0.4) is 0 Å². The van der Waals surface area contributed by atoms with E-state index in [2.05, 4.69) is 12.1 Å². The van der Waals surface area contributed by atoms with E-state index in [1.165, 1.54) is 16.5 Å². The molecule has 0 bridgehead atoms. The van der Waals surface area contributed by atoms with E-state index >= 15 is 0 Å². The molecular weight excluding hydrogens is 338 g/mol. The van der Waals surface area contributed by atoms with Crippen molar-refractivity contribution < 1.29 is 14.1 Å². The van der Waals surface area contributed by atoms with Gasteiger partial charge in [-0.2, -0.15) is 0 Å². The van der Waals surface area contributed by atoms with Gasteiger partial charge in [-0.25, -0.2) is 4.79 Å². The van der Waals surface area contributed by atoms with Crippen LogP contribution in [0.15, 0.2) is 51.7 Å². The first-order chi connectivity index (χ1) is 12.1. The molecule has 0 aliphatic carbocycles. The van der Waals surface area contributed by atoms with E-state index in [1.807, 2.05) is 31.2 Å². The summed E-state index contributed by atoms with van der Waals surface area (Å²) in [4.78, 5) is 13.1. The maximum absolute atomic E-state index is 11.8. The SMILES string of the molecule is Cc1cc(=O)oc2c3c(ccc12)OC[NH+](CCc1ccc(Cl)cc1)C3. The fourth-order valence-corrected chi connectivity index (χ4v) is 3.46. The molecule has 0 amide bonds. The van der Waals surface area contributed by atoms with Gasteiger partial charge in [-0.05, 0) is 42.3 Å². The van der Waals surface area contributed by atoms with Crippen molar-refractivity contribution in [3.05, 3.63) is 74.6 Å². The Morgan fingerprint density at radius 3 is 2.76 bits per heavy atom. The Morgan fingerprint density at radius 1 is 1.16 bits per heavy atom. The number of aryl methyl sites for hydroxylation is 1. The minimum Gasteiger partial charge on any atom is -0.445 e. The smallest absolute Gasteiger partial charge is 0.336 e. The molecule has 0 saturated heterocycles. The van der Waals surface area contributed by atoms with Gasteiger partial charge >= 0.3 is 5.63 Å². The van der Waals surface area contributed by atoms with E-state index in [0.717, 1.165) is 46.8 Å². The van der Waals surface area contributed by atoms with Crippen LogP contribution in [0.2, 0.25) is 5.02 Å². The fraction of sp³-hybridized carbons (Fsp3) is 0.250. The van der Waals surface area contributed by atoms with Gasteiger partial charge in [-0.3, -0.25) is 4.90 Å². The molecule has 5 heteroatoms. The summed E-state index contributed by atoms with van der Waals surface area (Å²) >= 11 is 5.94. The topological polar surface area (TPSA) is 43.9 Å². The summed E-state index contributed by atoms with van der Waals surface area (Å²) in [6.07, 6.45) is 0.943. The molecule has 1 atom stereocenters. The van der Waals surface area contributed by atoms with Crippen LogP contribution in [0.4, 0.5) is 0 Å². The first kappa shape index (κ1) is 16.2. The third-order valence-corrected chi connectivity index (χ3v) is 4.97. The first-order valence-electron chi connectivity index (χ1n) is 8.37. The fourth-order valence-electron chi connectivity index (χ4n) is 3.34. The quantitative estimate of drug-likeness (QED) is 0.734. The van der Waals surface area contributed by atoms with E-state index < -0.39 is 0 Å². The van der Waals surface area contributed by atoms with Crippen LogP contribution in [-0.4, -0.2) is 13.3 Å². The third-order valence-electron chi connectivity index (χ3n) is 4.72. The molecule has 0 radical (unpaired) electrons. The van der Waals surface area contributed by atoms with Crippen molar-refractivity contribution in [3.8, 4) is 5.75 Å². The Morgan fingerprint density at radius 2 is 1.96 bits per heavy atom. The second kappa shape index (κ2) is 6.54. The summed E-state index contributed by atoms with van der Waals surface area (Å²) in [6, 6.07) is 13.4. The van der Waals surface area contributed by atoms with Gasteiger partial charge in [0.2, 0.25) is 6.73 Å². The van der Waals surface area contributed by atoms with Crippen molar-refractivity contribution in [2.45, 2.75) is 19.9 Å². The lowest BCUT2D eigenvalue weighted by Crippen LogP contribution is -3.12. The van der Waals surface area contributed by atoms with Crippen molar-refractivity contribution in [1.29, 1.82) is 0 Å². The summed E-state index contributed by atoms with van der Waals surface area (Å²) < 4.78 is 11.4. The summed E-state index contributed by atoms with van der Waals surface area (Å²) in [6.45, 7) is 4.27. The van der Waals surface area contributed by atoms with Crippen LogP contribution in [0.1, 0.15) is 16.7 Å². The predicted octanol–water partition coefficient (Wildman–Crippen LogP) is 2.73. The number of hydrogen-bond acceptors (Lipinski definition) is 3. The van der Waals surface area contributed by atoms with Crippen LogP contribution in [-0.2, 0) is 13.0 Å². The van der Waals surface area contributed by atoms with Crippen molar-refractivity contribution in [2.24, 2.45) is 0 Å². The number of halogens is 1. The maximum Gasteiger partial charge on any atom is 0.336 e. The van der Waals surface area contributed by atoms with Crippen molar-refractivity contribution >= 4 is 22.6 Å². The second-order valence-corrected chi connectivity index (χ2v) is 6.95. The molecule has 3 aromatic rings. The standard InChI is InChI=1S/C20H18ClNO3/c1-13-10-19(23)25-20-16(13)6-7-18-17(20)11-22(12-24-18)9-8-14-2-4-15(21)5-3-14/h2-7,10H,8-9,11-12H2,1H3/p+1. The Labute approximate surface area is 150 Å². The lowest BCUT2D eigenvalue weighted by molar-refractivity contribution is -0.932. The van der Waals surface area contributed by atoms with E-state index in [9.17, 15) is 4.79 Å². The monoisotopic (exact) mass is 356 g/mol. The van der Waals surface area contributed by atoms with Gasteiger partial charge in [-0.15, -0.1) is 0 Å². The second-order valence-electron chi connectivity index (χ2n) is 6.51. The molecule has 0 fully saturated rings. The molecular formula is C20H19ClNO3+. The van der Waals surface area contributed by atoms with Gasteiger partial charge in [0.05, 0.1) is 12.1 Å². The van der Waals surface area contributed by atoms with Gasteiger partial charge in [0.25, 0.3) is 0 Å². The molecule has 4 rings (SSSR count). The molecule has 1 aliphatic rings. The average Bonchev–Trinajstić information content (AvgIpc) is 2.61. The van der Waals surface area contributed by atoms with Gasteiger partial charge in [0, 0.05) is 22.9 Å². The van der Waals surface area contributed by atoms with E-state index in [4.69, 9.17) is 20.8 Å². The van der Waals surface area contributed by atoms with Crippen LogP contribution in [0.25, 0.3) is 11.0 Å². The van der Waals surface area contributed by atoms with Gasteiger partial charge in [0.15, 0.2) is 5.58 Å². The van der Waals surface area contributed by atoms with Gasteiger partial charge in [-0.1, -0.05) is 23.7 Å². The number of rotatable bonds is 3. The molecule has 25 heavy (non-hydrogen) atoms. The molecule has 0 spiro atoms. The number of hydrogen-bond donors (Lipinski definition) is 1. The highest BCUT2D eigenvalue weighted by atomic mass is 35.5. The normalized spacial score (nSPS) is 16.5. The molecule has 1 N–H and O–H groups in total. The van der Waals surface area contributed by atoms with E-state index in [-0.39, 0.29) is 5.63 Å². The zero-order valence-corrected chi connectivity index (χ0v) is 14.7. The van der Waals surface area contributed by atoms with Crippen LogP contribution >= 0.6 is 11.6 Å². The largest absolute Gasteiger partial charge is 0.445 e. The molecule has 2 aromatic carbocycles. The highest BCUT2D eigenvalue weighted by Gasteiger charge is 2.24. The van der Waals surface area contributed by atoms with E-state index in [1.54, 1.807) is 0 Å². The molecule has 0 saturated carbocycles. The molecule has 1 aliphatic heterocycles. The van der Waals surface area contributed by atoms with Crippen LogP contribution in [0, 0.1) is 6.92 Å². The summed E-state index contributed by atoms with van der Waals surface area (Å²) in [5, 5.41) is 1.73. The Kier molecular flexibility index (Phi) is 4.24. The minimum atomic E-state index is -0.313. The Hall–Kier alpha value is -2.30. The third kappa shape index (κ3) is 3.28. The average molecular weight is 357 g/mol. The Balaban J connectivity index is 1.58. The molecule has 4 nitrogen and oxygen atoms in total. The Bertz CT molecular complexity index is 979. The minimum absolute atomic E-state index is 0.313. The molecule has 1 aromatic heterocycles. The number of nitrogens with one attached hydrogen (secondary N) is 1. The lowest BCUT2D eigenvalue weighted by Gasteiger charge is -2.26. The highest BCUT2D eigenvalue weighted by Crippen LogP contribution is 2.29. The summed E-state index contributed by atoms with van der Waals surface area (Å²) in [5.41, 5.74) is 3.51. The number of quaternary nitrogens is 1. The van der Waals surface area contributed by atoms with Gasteiger partial charge in [0.1, 0.15) is 12.3 Å². The number of benzene rings is 2. The molecule has 128 valence electrons. The van der Waals surface area contributed by atoms with Crippen LogP contribution < -0.4 is 15.3 Å². The maximum atomic E-state index is 11.8. The zero-order valence-electron chi connectivity index (χ0n) is 14.0. The lowest BCUT2D eigenvalue weighted by atomic mass is 10.0. The van der Waals surface area contributed by atoms with Crippen LogP contribution in [0.5, 0.6) is 5.75 Å². The molecule has 1 unspecified atom stereocenters. The molecule has 2 heterocycles. The first-order valence-corrected chi connectivity index (χ1v) is 8.75. The predicted molar refractivity (Wildman–Crippen MR) is 97.4 cm³/mol. The number of ether oxygens (including phenoxy) is 1. The van der Waals surface area contributed by atoms with Crippen molar-refractivity contribution in [2.75, 3.05) is 13.3 Å². The van der Waals surface area contributed by atoms with Crippen molar-refractivity contribution in [3.63, 3.8) is 0 Å².